The predicted molar refractivity (Wildman–Crippen MR) is 110 cm³/mol. The molecular weight excluding hydrogens is 418 g/mol. The van der Waals surface area contributed by atoms with Crippen molar-refractivity contribution in [3.05, 3.63) is 44.1 Å². The Morgan fingerprint density at radius 3 is 2.55 bits per heavy atom. The number of hydrogen-bond donors (Lipinski definition) is 0. The monoisotopic (exact) mass is 437 g/mol. The molecule has 0 aliphatic carbocycles. The summed E-state index contributed by atoms with van der Waals surface area (Å²) in [6.07, 6.45) is 0. The van der Waals surface area contributed by atoms with E-state index in [9.17, 15) is 14.9 Å². The van der Waals surface area contributed by atoms with Crippen molar-refractivity contribution in [1.82, 2.24) is 4.57 Å². The van der Waals surface area contributed by atoms with E-state index in [2.05, 4.69) is 4.99 Å². The van der Waals surface area contributed by atoms with Gasteiger partial charge in [-0.1, -0.05) is 22.7 Å². The highest BCUT2D eigenvalue weighted by Gasteiger charge is 2.17. The van der Waals surface area contributed by atoms with Crippen LogP contribution in [0.4, 0.5) is 5.00 Å². The van der Waals surface area contributed by atoms with Gasteiger partial charge in [-0.2, -0.15) is 4.99 Å². The number of aromatic nitrogens is 1. The van der Waals surface area contributed by atoms with Crippen LogP contribution in [0.5, 0.6) is 11.5 Å². The predicted octanol–water partition coefficient (Wildman–Crippen LogP) is 3.47. The van der Waals surface area contributed by atoms with E-state index < -0.39 is 10.8 Å². The number of amides is 1. The van der Waals surface area contributed by atoms with Gasteiger partial charge in [0.25, 0.3) is 5.91 Å². The number of methoxy groups -OCH3 is 2. The maximum absolute atomic E-state index is 12.6. The Balaban J connectivity index is 2.10. The van der Waals surface area contributed by atoms with Crippen LogP contribution in [-0.2, 0) is 11.3 Å². The van der Waals surface area contributed by atoms with Crippen LogP contribution in [-0.4, -0.2) is 42.8 Å². The Morgan fingerprint density at radius 2 is 1.93 bits per heavy atom. The lowest BCUT2D eigenvalue weighted by Crippen LogP contribution is -2.19. The SMILES string of the molecule is CCOCCn1c(=NC(=O)c2ccc([N+](=O)[O-])s2)sc2cc(OC)c(OC)cc21. The highest BCUT2D eigenvalue weighted by Crippen LogP contribution is 2.33. The van der Waals surface area contributed by atoms with Crippen LogP contribution in [0.2, 0.25) is 0 Å². The van der Waals surface area contributed by atoms with Crippen LogP contribution in [0.1, 0.15) is 16.6 Å². The summed E-state index contributed by atoms with van der Waals surface area (Å²) in [6, 6.07) is 6.38. The van der Waals surface area contributed by atoms with Gasteiger partial charge < -0.3 is 18.8 Å². The number of benzene rings is 1. The van der Waals surface area contributed by atoms with Crippen molar-refractivity contribution in [2.24, 2.45) is 4.99 Å². The number of fused-ring (bicyclic) bond motifs is 1. The van der Waals surface area contributed by atoms with E-state index in [4.69, 9.17) is 14.2 Å². The fourth-order valence-electron chi connectivity index (χ4n) is 2.68. The fourth-order valence-corrected chi connectivity index (χ4v) is 4.45. The topological polar surface area (TPSA) is 105 Å². The molecule has 2 heterocycles. The molecule has 0 fully saturated rings. The Morgan fingerprint density at radius 1 is 1.21 bits per heavy atom. The Bertz CT molecular complexity index is 1110. The molecule has 0 saturated heterocycles. The highest BCUT2D eigenvalue weighted by atomic mass is 32.1. The van der Waals surface area contributed by atoms with Crippen molar-refractivity contribution in [1.29, 1.82) is 0 Å². The molecule has 0 atom stereocenters. The van der Waals surface area contributed by atoms with Gasteiger partial charge in [-0.05, 0) is 13.0 Å². The van der Waals surface area contributed by atoms with Gasteiger partial charge in [0.05, 0.1) is 36.0 Å². The van der Waals surface area contributed by atoms with Crippen molar-refractivity contribution >= 4 is 43.8 Å². The van der Waals surface area contributed by atoms with E-state index in [0.29, 0.717) is 36.1 Å². The summed E-state index contributed by atoms with van der Waals surface area (Å²) in [4.78, 5) is 27.8. The van der Waals surface area contributed by atoms with Gasteiger partial charge >= 0.3 is 5.00 Å². The second-order valence-corrected chi connectivity index (χ2v) is 7.79. The first-order chi connectivity index (χ1) is 14.0. The van der Waals surface area contributed by atoms with Crippen molar-refractivity contribution in [3.8, 4) is 11.5 Å². The third kappa shape index (κ3) is 4.47. The second-order valence-electron chi connectivity index (χ2n) is 5.72. The summed E-state index contributed by atoms with van der Waals surface area (Å²) in [6.45, 7) is 3.41. The first kappa shape index (κ1) is 21.0. The molecule has 154 valence electrons. The molecule has 0 spiro atoms. The largest absolute Gasteiger partial charge is 0.493 e. The van der Waals surface area contributed by atoms with E-state index in [-0.39, 0.29) is 9.88 Å². The van der Waals surface area contributed by atoms with E-state index in [1.807, 2.05) is 23.6 Å². The number of nitro groups is 1. The summed E-state index contributed by atoms with van der Waals surface area (Å²) in [5.41, 5.74) is 0.830. The minimum absolute atomic E-state index is 0.0985. The molecule has 0 radical (unpaired) electrons. The smallest absolute Gasteiger partial charge is 0.324 e. The Labute approximate surface area is 173 Å². The maximum atomic E-state index is 12.6. The van der Waals surface area contributed by atoms with Crippen molar-refractivity contribution in [2.45, 2.75) is 13.5 Å². The average molecular weight is 437 g/mol. The van der Waals surface area contributed by atoms with Crippen molar-refractivity contribution < 1.29 is 23.9 Å². The molecule has 29 heavy (non-hydrogen) atoms. The molecule has 2 aromatic heterocycles. The van der Waals surface area contributed by atoms with Crippen LogP contribution in [0, 0.1) is 10.1 Å². The lowest BCUT2D eigenvalue weighted by molar-refractivity contribution is -0.380. The summed E-state index contributed by atoms with van der Waals surface area (Å²) in [7, 11) is 3.11. The molecule has 3 aromatic rings. The van der Waals surface area contributed by atoms with Gasteiger partial charge in [0.2, 0.25) is 0 Å². The zero-order chi connectivity index (χ0) is 21.0. The first-order valence-corrected chi connectivity index (χ1v) is 10.3. The number of nitrogens with zero attached hydrogens (tertiary/aromatic N) is 3. The van der Waals surface area contributed by atoms with Crippen LogP contribution >= 0.6 is 22.7 Å². The third-order valence-electron chi connectivity index (χ3n) is 4.03. The third-order valence-corrected chi connectivity index (χ3v) is 6.10. The number of thiophene rings is 1. The second kappa shape index (κ2) is 9.16. The van der Waals surface area contributed by atoms with Crippen LogP contribution in [0.3, 0.4) is 0 Å². The van der Waals surface area contributed by atoms with Gasteiger partial charge in [-0.25, -0.2) is 0 Å². The molecule has 1 amide bonds. The summed E-state index contributed by atoms with van der Waals surface area (Å²) in [5.74, 6) is 0.610. The number of rotatable bonds is 8. The summed E-state index contributed by atoms with van der Waals surface area (Å²) in [5, 5.41) is 10.8. The van der Waals surface area contributed by atoms with E-state index in [0.717, 1.165) is 21.6 Å². The van der Waals surface area contributed by atoms with Gasteiger partial charge in [-0.3, -0.25) is 14.9 Å². The molecular formula is C18H19N3O6S2. The van der Waals surface area contributed by atoms with Gasteiger partial charge in [0.15, 0.2) is 16.3 Å². The molecule has 0 bridgehead atoms. The number of hydrogen-bond acceptors (Lipinski definition) is 8. The molecule has 0 N–H and O–H groups in total. The van der Waals surface area contributed by atoms with Crippen LogP contribution < -0.4 is 14.3 Å². The van der Waals surface area contributed by atoms with Gasteiger partial charge in [0, 0.05) is 31.4 Å². The zero-order valence-electron chi connectivity index (χ0n) is 16.0. The average Bonchev–Trinajstić information content (AvgIpc) is 3.32. The minimum atomic E-state index is -0.529. The van der Waals surface area contributed by atoms with Gasteiger partial charge in [-0.15, -0.1) is 0 Å². The van der Waals surface area contributed by atoms with E-state index >= 15 is 0 Å². The van der Waals surface area contributed by atoms with Crippen molar-refractivity contribution in [3.63, 3.8) is 0 Å². The molecule has 3 rings (SSSR count). The van der Waals surface area contributed by atoms with Crippen LogP contribution in [0.15, 0.2) is 29.3 Å². The lowest BCUT2D eigenvalue weighted by atomic mass is 10.3. The molecule has 0 aliphatic heterocycles. The number of carbonyl (C=O) groups is 1. The Kier molecular flexibility index (Phi) is 6.62. The summed E-state index contributed by atoms with van der Waals surface area (Å²) >= 11 is 2.12. The number of ether oxygens (including phenoxy) is 3. The standard InChI is InChI=1S/C18H19N3O6S2/c1-4-27-8-7-20-11-9-12(25-2)13(26-3)10-15(11)29-18(20)19-17(22)14-5-6-16(28-14)21(23)24/h5-6,9-10H,4,7-8H2,1-3H3. The lowest BCUT2D eigenvalue weighted by Gasteiger charge is -2.09. The fraction of sp³-hybridized carbons (Fsp3) is 0.333. The normalized spacial score (nSPS) is 11.8. The zero-order valence-corrected chi connectivity index (χ0v) is 17.7. The quantitative estimate of drug-likeness (QED) is 0.304. The van der Waals surface area contributed by atoms with Crippen molar-refractivity contribution in [2.75, 3.05) is 27.4 Å². The highest BCUT2D eigenvalue weighted by molar-refractivity contribution is 7.17. The van der Waals surface area contributed by atoms with E-state index in [1.165, 1.54) is 23.5 Å². The molecule has 1 aromatic carbocycles. The maximum Gasteiger partial charge on any atom is 0.324 e. The van der Waals surface area contributed by atoms with Crippen LogP contribution in [0.25, 0.3) is 10.2 Å². The molecule has 0 aliphatic rings. The molecule has 0 unspecified atom stereocenters. The van der Waals surface area contributed by atoms with E-state index in [1.54, 1.807) is 14.2 Å². The molecule has 9 nitrogen and oxygen atoms in total. The molecule has 11 heteroatoms. The minimum Gasteiger partial charge on any atom is -0.493 e. The number of thiazole rings is 1. The van der Waals surface area contributed by atoms with Gasteiger partial charge in [0.1, 0.15) is 4.88 Å². The molecule has 0 saturated carbocycles. The number of carbonyl (C=O) groups excluding carboxylic acids is 1. The summed E-state index contributed by atoms with van der Waals surface area (Å²) < 4.78 is 18.9. The Hall–Kier alpha value is -2.76. The first-order valence-electron chi connectivity index (χ1n) is 8.64.